The van der Waals surface area contributed by atoms with Crippen LogP contribution in [0.4, 0.5) is 0 Å². The molecule has 0 atom stereocenters. The van der Waals surface area contributed by atoms with Gasteiger partial charge in [-0.1, -0.05) is 182 Å². The zero-order chi connectivity index (χ0) is 40.3. The van der Waals surface area contributed by atoms with Crippen molar-refractivity contribution in [2.24, 2.45) is 0 Å². The van der Waals surface area contributed by atoms with Crippen molar-refractivity contribution in [1.29, 1.82) is 0 Å². The number of hydrogen-bond acceptors (Lipinski definition) is 4. The second kappa shape index (κ2) is 14.3. The minimum Gasteiger partial charge on any atom is -0.455 e. The first-order valence-corrected chi connectivity index (χ1v) is 20.6. The third-order valence-corrected chi connectivity index (χ3v) is 12.0. The molecule has 2 heterocycles. The fourth-order valence-corrected chi connectivity index (χ4v) is 9.08. The summed E-state index contributed by atoms with van der Waals surface area (Å²) in [6.07, 6.45) is 0. The highest BCUT2D eigenvalue weighted by atomic mass is 16.3. The van der Waals surface area contributed by atoms with E-state index in [9.17, 15) is 0 Å². The number of nitrogens with zero attached hydrogens (tertiary/aromatic N) is 3. The molecule has 61 heavy (non-hydrogen) atoms. The van der Waals surface area contributed by atoms with Crippen LogP contribution in [0.5, 0.6) is 0 Å². The van der Waals surface area contributed by atoms with Crippen molar-refractivity contribution in [3.05, 3.63) is 212 Å². The van der Waals surface area contributed by atoms with Crippen molar-refractivity contribution in [2.45, 2.75) is 0 Å². The SMILES string of the molecule is c1ccc(-c2nc(-c3ccc(-c4cc5ccc(-c6ccccc6-c6ccccc6)cc5c5ccccc45)c4ccccc34)nc(-c3cccc4c3oc3ccccc34)n2)cc1. The van der Waals surface area contributed by atoms with E-state index in [4.69, 9.17) is 19.4 Å². The molecule has 12 rings (SSSR count). The van der Waals surface area contributed by atoms with Gasteiger partial charge < -0.3 is 4.42 Å². The van der Waals surface area contributed by atoms with Gasteiger partial charge in [0.25, 0.3) is 0 Å². The van der Waals surface area contributed by atoms with Crippen molar-refractivity contribution in [2.75, 3.05) is 0 Å². The summed E-state index contributed by atoms with van der Waals surface area (Å²) in [4.78, 5) is 15.5. The molecule has 0 radical (unpaired) electrons. The second-order valence-electron chi connectivity index (χ2n) is 15.5. The Hall–Kier alpha value is -8.21. The first-order valence-electron chi connectivity index (χ1n) is 20.6. The van der Waals surface area contributed by atoms with Gasteiger partial charge in [-0.3, -0.25) is 0 Å². The highest BCUT2D eigenvalue weighted by molar-refractivity contribution is 6.18. The topological polar surface area (TPSA) is 51.8 Å². The van der Waals surface area contributed by atoms with E-state index < -0.39 is 0 Å². The normalized spacial score (nSPS) is 11.6. The molecule has 0 fully saturated rings. The Morgan fingerprint density at radius 3 is 1.54 bits per heavy atom. The van der Waals surface area contributed by atoms with Crippen LogP contribution in [0.25, 0.3) is 122 Å². The number of aromatic nitrogens is 3. The molecule has 2 aromatic heterocycles. The van der Waals surface area contributed by atoms with Gasteiger partial charge in [-0.05, 0) is 96.0 Å². The molecule has 0 aliphatic carbocycles. The molecule has 4 heteroatoms. The third kappa shape index (κ3) is 5.88. The lowest BCUT2D eigenvalue weighted by Crippen LogP contribution is -2.01. The van der Waals surface area contributed by atoms with Gasteiger partial charge in [0.1, 0.15) is 11.2 Å². The van der Waals surface area contributed by atoms with Crippen molar-refractivity contribution in [3.63, 3.8) is 0 Å². The van der Waals surface area contributed by atoms with Crippen molar-refractivity contribution < 1.29 is 4.42 Å². The van der Waals surface area contributed by atoms with Gasteiger partial charge in [0.2, 0.25) is 0 Å². The average Bonchev–Trinajstić information content (AvgIpc) is 3.73. The van der Waals surface area contributed by atoms with Crippen LogP contribution in [0, 0.1) is 0 Å². The molecule has 0 saturated heterocycles. The largest absolute Gasteiger partial charge is 0.455 e. The molecule has 0 unspecified atom stereocenters. The molecule has 284 valence electrons. The molecular formula is C57H35N3O. The van der Waals surface area contributed by atoms with Crippen LogP contribution in [-0.4, -0.2) is 15.0 Å². The highest BCUT2D eigenvalue weighted by Gasteiger charge is 2.20. The average molecular weight is 778 g/mol. The predicted octanol–water partition coefficient (Wildman–Crippen LogP) is 15.2. The Bertz CT molecular complexity index is 3650. The summed E-state index contributed by atoms with van der Waals surface area (Å²) in [6, 6.07) is 74.8. The maximum atomic E-state index is 6.48. The number of benzene rings is 10. The van der Waals surface area contributed by atoms with Crippen molar-refractivity contribution >= 4 is 54.3 Å². The lowest BCUT2D eigenvalue weighted by Gasteiger charge is -2.16. The molecule has 10 aromatic carbocycles. The summed E-state index contributed by atoms with van der Waals surface area (Å²) in [5.41, 5.74) is 11.5. The summed E-state index contributed by atoms with van der Waals surface area (Å²) < 4.78 is 6.48. The molecule has 4 nitrogen and oxygen atoms in total. The Labute approximate surface area is 352 Å². The van der Waals surface area contributed by atoms with Crippen LogP contribution >= 0.6 is 0 Å². The third-order valence-electron chi connectivity index (χ3n) is 12.0. The van der Waals surface area contributed by atoms with E-state index in [1.54, 1.807) is 0 Å². The van der Waals surface area contributed by atoms with Gasteiger partial charge in [0.05, 0.1) is 5.56 Å². The second-order valence-corrected chi connectivity index (χ2v) is 15.5. The molecule has 0 spiro atoms. The maximum Gasteiger partial charge on any atom is 0.167 e. The van der Waals surface area contributed by atoms with Crippen LogP contribution in [0.1, 0.15) is 0 Å². The van der Waals surface area contributed by atoms with E-state index in [2.05, 4.69) is 152 Å². The summed E-state index contributed by atoms with van der Waals surface area (Å²) in [6.45, 7) is 0. The minimum atomic E-state index is 0.563. The lowest BCUT2D eigenvalue weighted by molar-refractivity contribution is 0.669. The van der Waals surface area contributed by atoms with Crippen LogP contribution in [0.15, 0.2) is 217 Å². The monoisotopic (exact) mass is 777 g/mol. The Morgan fingerprint density at radius 2 is 0.787 bits per heavy atom. The summed E-state index contributed by atoms with van der Waals surface area (Å²) >= 11 is 0. The van der Waals surface area contributed by atoms with E-state index in [0.717, 1.165) is 55.0 Å². The fraction of sp³-hybridized carbons (Fsp3) is 0. The van der Waals surface area contributed by atoms with Gasteiger partial charge in [-0.25, -0.2) is 15.0 Å². The summed E-state index contributed by atoms with van der Waals surface area (Å²) in [7, 11) is 0. The van der Waals surface area contributed by atoms with Crippen molar-refractivity contribution in [1.82, 2.24) is 15.0 Å². The van der Waals surface area contributed by atoms with Gasteiger partial charge in [0, 0.05) is 21.9 Å². The van der Waals surface area contributed by atoms with Crippen molar-refractivity contribution in [3.8, 4) is 67.5 Å². The zero-order valence-electron chi connectivity index (χ0n) is 33.0. The Kier molecular flexibility index (Phi) is 8.13. The van der Waals surface area contributed by atoms with E-state index in [-0.39, 0.29) is 0 Å². The van der Waals surface area contributed by atoms with Crippen LogP contribution in [0.3, 0.4) is 0 Å². The zero-order valence-corrected chi connectivity index (χ0v) is 33.0. The Morgan fingerprint density at radius 1 is 0.262 bits per heavy atom. The van der Waals surface area contributed by atoms with Crippen LogP contribution < -0.4 is 0 Å². The number of furan rings is 1. The van der Waals surface area contributed by atoms with Gasteiger partial charge in [-0.2, -0.15) is 0 Å². The van der Waals surface area contributed by atoms with E-state index in [1.807, 2.05) is 60.7 Å². The molecule has 0 aliphatic rings. The van der Waals surface area contributed by atoms with Gasteiger partial charge >= 0.3 is 0 Å². The molecular weight excluding hydrogens is 743 g/mol. The quantitative estimate of drug-likeness (QED) is 0.158. The highest BCUT2D eigenvalue weighted by Crippen LogP contribution is 2.43. The minimum absolute atomic E-state index is 0.563. The maximum absolute atomic E-state index is 6.48. The van der Waals surface area contributed by atoms with E-state index in [1.165, 1.54) is 49.4 Å². The van der Waals surface area contributed by atoms with E-state index >= 15 is 0 Å². The molecule has 12 aromatic rings. The predicted molar refractivity (Wildman–Crippen MR) is 252 cm³/mol. The standard InChI is InChI=1S/C57H35N3O/c1-3-16-36(17-4-1)40-20-7-8-21-41(40)38-30-31-39-35-52(45-25-12-11-24-44(45)51(39)34-38)46-32-33-49(43-23-10-9-22-42(43)46)56-58-55(37-18-5-2-6-19-37)59-57(60-56)50-28-15-27-48-47-26-13-14-29-53(47)61-54(48)50/h1-35H. The van der Waals surface area contributed by atoms with Crippen LogP contribution in [0.2, 0.25) is 0 Å². The molecule has 0 saturated carbocycles. The van der Waals surface area contributed by atoms with Gasteiger partial charge in [0.15, 0.2) is 17.5 Å². The van der Waals surface area contributed by atoms with Gasteiger partial charge in [-0.15, -0.1) is 0 Å². The lowest BCUT2D eigenvalue weighted by atomic mass is 9.88. The smallest absolute Gasteiger partial charge is 0.167 e. The molecule has 0 bridgehead atoms. The summed E-state index contributed by atoms with van der Waals surface area (Å²) in [5.74, 6) is 1.77. The number of hydrogen-bond donors (Lipinski definition) is 0. The molecule has 0 N–H and O–H groups in total. The van der Waals surface area contributed by atoms with E-state index in [0.29, 0.717) is 17.5 Å². The number of para-hydroxylation sites is 2. The number of fused-ring (bicyclic) bond motifs is 7. The fourth-order valence-electron chi connectivity index (χ4n) is 9.08. The Balaban J connectivity index is 1.03. The first kappa shape index (κ1) is 34.8. The van der Waals surface area contributed by atoms with Crippen LogP contribution in [-0.2, 0) is 0 Å². The molecule has 0 aliphatic heterocycles. The first-order chi connectivity index (χ1) is 30.2. The molecule has 0 amide bonds. The number of rotatable bonds is 6. The summed E-state index contributed by atoms with van der Waals surface area (Å²) in [5, 5.41) is 9.13.